The van der Waals surface area contributed by atoms with Gasteiger partial charge in [0, 0.05) is 4.90 Å². The lowest BCUT2D eigenvalue weighted by atomic mass is 10.4. The van der Waals surface area contributed by atoms with E-state index in [2.05, 4.69) is 25.3 Å². The second-order valence-corrected chi connectivity index (χ2v) is 1.85. The predicted octanol–water partition coefficient (Wildman–Crippen LogP) is 2.52. The number of thiol groups is 2. The van der Waals surface area contributed by atoms with Crippen LogP contribution in [-0.2, 0) is 0 Å². The van der Waals surface area contributed by atoms with Crippen LogP contribution in [0.2, 0.25) is 0 Å². The third-order valence-electron chi connectivity index (χ3n) is 0.756. The number of hydrogen-bond donors (Lipinski definition) is 2. The van der Waals surface area contributed by atoms with Gasteiger partial charge in [0.25, 0.3) is 0 Å². The van der Waals surface area contributed by atoms with Crippen molar-refractivity contribution in [2.24, 2.45) is 0 Å². The highest BCUT2D eigenvalue weighted by atomic mass is 32.1. The van der Waals surface area contributed by atoms with Crippen LogP contribution in [0.15, 0.2) is 35.2 Å². The lowest BCUT2D eigenvalue weighted by molar-refractivity contribution is 1.48. The van der Waals surface area contributed by atoms with Crippen LogP contribution in [0.1, 0.15) is 0 Å². The lowest BCUT2D eigenvalue weighted by Gasteiger charge is -1.81. The molecule has 0 radical (unpaired) electrons. The van der Waals surface area contributed by atoms with E-state index in [1.807, 2.05) is 30.3 Å². The highest BCUT2D eigenvalue weighted by Crippen LogP contribution is 2.00. The van der Waals surface area contributed by atoms with E-state index in [-0.39, 0.29) is 0 Å². The Morgan fingerprint density at radius 2 is 1.44 bits per heavy atom. The molecule has 9 heavy (non-hydrogen) atoms. The maximum atomic E-state index is 4.08. The summed E-state index contributed by atoms with van der Waals surface area (Å²) in [6, 6.07) is 9.79. The van der Waals surface area contributed by atoms with Crippen molar-refractivity contribution < 1.29 is 0 Å². The van der Waals surface area contributed by atoms with Gasteiger partial charge in [0.2, 0.25) is 0 Å². The predicted molar refractivity (Wildman–Crippen MR) is 48.6 cm³/mol. The van der Waals surface area contributed by atoms with Gasteiger partial charge in [0.05, 0.1) is 0 Å². The fraction of sp³-hybridized carbons (Fsp3) is 0.143. The quantitative estimate of drug-likeness (QED) is 0.533. The van der Waals surface area contributed by atoms with Crippen molar-refractivity contribution in [1.29, 1.82) is 0 Å². The zero-order valence-corrected chi connectivity index (χ0v) is 7.07. The van der Waals surface area contributed by atoms with Gasteiger partial charge in [-0.3, -0.25) is 0 Å². The number of rotatable bonds is 0. The largest absolute Gasteiger partial charge is 0.183 e. The zero-order chi connectivity index (χ0) is 7.11. The lowest BCUT2D eigenvalue weighted by Crippen LogP contribution is -1.56. The monoisotopic (exact) mass is 158 g/mol. The van der Waals surface area contributed by atoms with E-state index in [0.29, 0.717) is 0 Å². The third kappa shape index (κ3) is 4.43. The molecule has 0 atom stereocenters. The maximum absolute atomic E-state index is 4.08. The molecule has 1 aromatic rings. The van der Waals surface area contributed by atoms with Crippen LogP contribution in [0.4, 0.5) is 0 Å². The molecule has 0 spiro atoms. The summed E-state index contributed by atoms with van der Waals surface area (Å²) in [7, 11) is 0. The van der Waals surface area contributed by atoms with Gasteiger partial charge in [0.1, 0.15) is 0 Å². The van der Waals surface area contributed by atoms with Crippen LogP contribution in [0.25, 0.3) is 0 Å². The molecule has 50 valence electrons. The first-order valence-electron chi connectivity index (χ1n) is 2.58. The molecular formula is C7H10S2. The van der Waals surface area contributed by atoms with Crippen LogP contribution in [0.5, 0.6) is 0 Å². The van der Waals surface area contributed by atoms with E-state index in [1.54, 1.807) is 6.26 Å². The summed E-state index contributed by atoms with van der Waals surface area (Å²) in [6.07, 6.45) is 1.69. The van der Waals surface area contributed by atoms with Gasteiger partial charge in [-0.2, -0.15) is 12.6 Å². The molecular weight excluding hydrogens is 148 g/mol. The van der Waals surface area contributed by atoms with Crippen molar-refractivity contribution in [3.8, 4) is 0 Å². The molecule has 0 bridgehead atoms. The summed E-state index contributed by atoms with van der Waals surface area (Å²) in [4.78, 5) is 1.02. The van der Waals surface area contributed by atoms with Crippen molar-refractivity contribution in [3.05, 3.63) is 30.3 Å². The van der Waals surface area contributed by atoms with Gasteiger partial charge in [-0.15, -0.1) is 12.6 Å². The summed E-state index contributed by atoms with van der Waals surface area (Å²) in [5, 5.41) is 0. The molecule has 1 aromatic carbocycles. The first-order chi connectivity index (χ1) is 4.39. The van der Waals surface area contributed by atoms with Crippen LogP contribution in [0, 0.1) is 0 Å². The van der Waals surface area contributed by atoms with E-state index < -0.39 is 0 Å². The maximum Gasteiger partial charge on any atom is 0.00399 e. The molecule has 0 aromatic heterocycles. The smallest absolute Gasteiger partial charge is 0.00399 e. The molecule has 0 aliphatic rings. The fourth-order valence-electron chi connectivity index (χ4n) is 0.428. The highest BCUT2D eigenvalue weighted by molar-refractivity contribution is 7.80. The van der Waals surface area contributed by atoms with E-state index in [0.717, 1.165) is 4.90 Å². The van der Waals surface area contributed by atoms with E-state index in [1.165, 1.54) is 0 Å². The SMILES string of the molecule is CS.Sc1ccccc1. The summed E-state index contributed by atoms with van der Waals surface area (Å²) in [6.45, 7) is 0. The molecule has 0 N–H and O–H groups in total. The summed E-state index contributed by atoms with van der Waals surface area (Å²) in [5.74, 6) is 0. The minimum atomic E-state index is 1.02. The number of hydrogen-bond acceptors (Lipinski definition) is 2. The molecule has 2 heteroatoms. The Morgan fingerprint density at radius 1 is 1.00 bits per heavy atom. The Hall–Kier alpha value is -0.0800. The second kappa shape index (κ2) is 6.05. The van der Waals surface area contributed by atoms with Crippen LogP contribution < -0.4 is 0 Å². The minimum Gasteiger partial charge on any atom is -0.183 e. The molecule has 0 aliphatic carbocycles. The zero-order valence-electron chi connectivity index (χ0n) is 5.28. The Balaban J connectivity index is 0.000000291. The normalized spacial score (nSPS) is 7.44. The molecule has 0 saturated heterocycles. The Morgan fingerprint density at radius 3 is 1.67 bits per heavy atom. The van der Waals surface area contributed by atoms with Gasteiger partial charge < -0.3 is 0 Å². The molecule has 0 heterocycles. The van der Waals surface area contributed by atoms with Crippen LogP contribution >= 0.6 is 25.3 Å². The summed E-state index contributed by atoms with van der Waals surface area (Å²) in [5.41, 5.74) is 0. The average Bonchev–Trinajstić information content (AvgIpc) is 1.94. The van der Waals surface area contributed by atoms with Crippen LogP contribution in [-0.4, -0.2) is 6.26 Å². The molecule has 0 nitrogen and oxygen atoms in total. The van der Waals surface area contributed by atoms with Gasteiger partial charge in [-0.25, -0.2) is 0 Å². The average molecular weight is 158 g/mol. The van der Waals surface area contributed by atoms with Gasteiger partial charge in [-0.05, 0) is 18.4 Å². The van der Waals surface area contributed by atoms with E-state index in [9.17, 15) is 0 Å². The van der Waals surface area contributed by atoms with Crippen LogP contribution in [0.3, 0.4) is 0 Å². The standard InChI is InChI=1S/C6H6S.CH4S/c7-6-4-2-1-3-5-6;1-2/h1-5,7H;2H,1H3. The molecule has 0 aliphatic heterocycles. The van der Waals surface area contributed by atoms with Gasteiger partial charge in [-0.1, -0.05) is 18.2 Å². The van der Waals surface area contributed by atoms with Gasteiger partial charge in [0.15, 0.2) is 0 Å². The van der Waals surface area contributed by atoms with E-state index in [4.69, 9.17) is 0 Å². The third-order valence-corrected chi connectivity index (χ3v) is 1.05. The molecule has 0 unspecified atom stereocenters. The molecule has 0 amide bonds. The molecule has 1 rings (SSSR count). The van der Waals surface area contributed by atoms with Crippen molar-refractivity contribution in [1.82, 2.24) is 0 Å². The van der Waals surface area contributed by atoms with Crippen molar-refractivity contribution in [2.75, 3.05) is 6.26 Å². The topological polar surface area (TPSA) is 0 Å². The minimum absolute atomic E-state index is 1.02. The summed E-state index contributed by atoms with van der Waals surface area (Å²) < 4.78 is 0. The van der Waals surface area contributed by atoms with Crippen molar-refractivity contribution in [3.63, 3.8) is 0 Å². The Labute approximate surface area is 67.1 Å². The molecule has 0 saturated carbocycles. The Bertz CT molecular complexity index is 137. The Kier molecular flexibility index (Phi) is 5.99. The molecule has 0 fully saturated rings. The highest BCUT2D eigenvalue weighted by Gasteiger charge is 1.73. The number of benzene rings is 1. The van der Waals surface area contributed by atoms with Gasteiger partial charge >= 0.3 is 0 Å². The summed E-state index contributed by atoms with van der Waals surface area (Å²) >= 11 is 7.61. The first-order valence-corrected chi connectivity index (χ1v) is 3.92. The van der Waals surface area contributed by atoms with Crippen molar-refractivity contribution in [2.45, 2.75) is 4.90 Å². The van der Waals surface area contributed by atoms with E-state index >= 15 is 0 Å². The van der Waals surface area contributed by atoms with Crippen molar-refractivity contribution >= 4 is 25.3 Å². The second-order valence-electron chi connectivity index (χ2n) is 1.34. The first kappa shape index (κ1) is 8.92. The fourth-order valence-corrected chi connectivity index (χ4v) is 0.600.